The summed E-state index contributed by atoms with van der Waals surface area (Å²) in [5, 5.41) is 2.97. The molecule has 0 aliphatic carbocycles. The minimum absolute atomic E-state index is 0.00229. The summed E-state index contributed by atoms with van der Waals surface area (Å²) in [6, 6.07) is 0. The first kappa shape index (κ1) is 12.9. The standard InChI is InChI=1S/C11H16ClN3O/c1-3-4-5-6-10(16)15-9-7-13-11(12)14-8(9)2/h7H,3-6H2,1-2H3,(H,15,16). The first-order valence-electron chi connectivity index (χ1n) is 5.42. The van der Waals surface area contributed by atoms with Gasteiger partial charge in [-0.05, 0) is 24.9 Å². The minimum atomic E-state index is 0.00229. The molecule has 1 N–H and O–H groups in total. The molecule has 5 heteroatoms. The Labute approximate surface area is 100 Å². The third-order valence-corrected chi connectivity index (χ3v) is 2.41. The number of carbonyl (C=O) groups is 1. The van der Waals surface area contributed by atoms with E-state index >= 15 is 0 Å². The average molecular weight is 242 g/mol. The summed E-state index contributed by atoms with van der Waals surface area (Å²) in [7, 11) is 0. The van der Waals surface area contributed by atoms with Gasteiger partial charge in [0.2, 0.25) is 11.2 Å². The Morgan fingerprint density at radius 3 is 2.88 bits per heavy atom. The lowest BCUT2D eigenvalue weighted by atomic mass is 10.2. The van der Waals surface area contributed by atoms with Gasteiger partial charge < -0.3 is 5.32 Å². The van der Waals surface area contributed by atoms with Gasteiger partial charge in [-0.3, -0.25) is 4.79 Å². The molecule has 0 saturated carbocycles. The molecule has 0 atom stereocenters. The molecule has 0 fully saturated rings. The Morgan fingerprint density at radius 1 is 1.50 bits per heavy atom. The van der Waals surface area contributed by atoms with Gasteiger partial charge in [0.25, 0.3) is 0 Å². The number of nitrogens with zero attached hydrogens (tertiary/aromatic N) is 2. The average Bonchev–Trinajstić information content (AvgIpc) is 2.23. The lowest BCUT2D eigenvalue weighted by molar-refractivity contribution is -0.116. The summed E-state index contributed by atoms with van der Waals surface area (Å²) in [6.45, 7) is 3.89. The van der Waals surface area contributed by atoms with E-state index in [0.29, 0.717) is 17.8 Å². The summed E-state index contributed by atoms with van der Waals surface area (Å²) < 4.78 is 0. The van der Waals surface area contributed by atoms with E-state index in [1.807, 2.05) is 0 Å². The summed E-state index contributed by atoms with van der Waals surface area (Å²) in [5.74, 6) is 0.00229. The Kier molecular flexibility index (Phi) is 5.19. The van der Waals surface area contributed by atoms with Gasteiger partial charge in [0.05, 0.1) is 17.6 Å². The number of aryl methyl sites for hydroxylation is 1. The number of hydrogen-bond acceptors (Lipinski definition) is 3. The van der Waals surface area contributed by atoms with Crippen LogP contribution in [0.3, 0.4) is 0 Å². The van der Waals surface area contributed by atoms with Gasteiger partial charge in [-0.15, -0.1) is 0 Å². The van der Waals surface area contributed by atoms with Crippen molar-refractivity contribution in [2.24, 2.45) is 0 Å². The van der Waals surface area contributed by atoms with Crippen LogP contribution in [0.5, 0.6) is 0 Å². The van der Waals surface area contributed by atoms with Crippen LogP contribution in [0.2, 0.25) is 5.28 Å². The molecule has 0 aliphatic rings. The van der Waals surface area contributed by atoms with Crippen molar-refractivity contribution in [1.82, 2.24) is 9.97 Å². The molecule has 0 bridgehead atoms. The largest absolute Gasteiger partial charge is 0.323 e. The number of hydrogen-bond donors (Lipinski definition) is 1. The topological polar surface area (TPSA) is 54.9 Å². The van der Waals surface area contributed by atoms with Crippen molar-refractivity contribution in [3.05, 3.63) is 17.2 Å². The summed E-state index contributed by atoms with van der Waals surface area (Å²) in [6.07, 6.45) is 5.16. The maximum Gasteiger partial charge on any atom is 0.224 e. The van der Waals surface area contributed by atoms with Gasteiger partial charge in [-0.2, -0.15) is 0 Å². The second-order valence-corrected chi connectivity index (χ2v) is 3.98. The van der Waals surface area contributed by atoms with Gasteiger partial charge in [-0.1, -0.05) is 19.8 Å². The number of unbranched alkanes of at least 4 members (excludes halogenated alkanes) is 2. The highest BCUT2D eigenvalue weighted by Gasteiger charge is 2.06. The summed E-state index contributed by atoms with van der Waals surface area (Å²) in [4.78, 5) is 19.3. The Balaban J connectivity index is 2.49. The minimum Gasteiger partial charge on any atom is -0.323 e. The fourth-order valence-corrected chi connectivity index (χ4v) is 1.49. The molecule has 16 heavy (non-hydrogen) atoms. The molecular weight excluding hydrogens is 226 g/mol. The summed E-state index contributed by atoms with van der Waals surface area (Å²) >= 11 is 5.62. The van der Waals surface area contributed by atoms with Crippen LogP contribution in [0.15, 0.2) is 6.20 Å². The third-order valence-electron chi connectivity index (χ3n) is 2.23. The molecule has 0 radical (unpaired) electrons. The normalized spacial score (nSPS) is 10.2. The molecular formula is C11H16ClN3O. The first-order chi connectivity index (χ1) is 7.63. The van der Waals surface area contributed by atoms with Gasteiger partial charge in [-0.25, -0.2) is 9.97 Å². The van der Waals surface area contributed by atoms with Crippen molar-refractivity contribution in [1.29, 1.82) is 0 Å². The SMILES string of the molecule is CCCCCC(=O)Nc1cnc(Cl)nc1C. The Bertz CT molecular complexity index is 368. The molecule has 1 heterocycles. The number of rotatable bonds is 5. The quantitative estimate of drug-likeness (QED) is 0.637. The number of nitrogens with one attached hydrogen (secondary N) is 1. The van der Waals surface area contributed by atoms with E-state index in [-0.39, 0.29) is 11.2 Å². The molecule has 0 aliphatic heterocycles. The lowest BCUT2D eigenvalue weighted by Crippen LogP contribution is -2.12. The van der Waals surface area contributed by atoms with Crippen molar-refractivity contribution in [2.45, 2.75) is 39.5 Å². The van der Waals surface area contributed by atoms with Crippen LogP contribution >= 0.6 is 11.6 Å². The first-order valence-corrected chi connectivity index (χ1v) is 5.80. The summed E-state index contributed by atoms with van der Waals surface area (Å²) in [5.41, 5.74) is 1.31. The van der Waals surface area contributed by atoms with E-state index in [1.165, 1.54) is 6.20 Å². The Hall–Kier alpha value is -1.16. The molecule has 0 unspecified atom stereocenters. The zero-order valence-electron chi connectivity index (χ0n) is 9.59. The lowest BCUT2D eigenvalue weighted by Gasteiger charge is -2.06. The molecule has 0 spiro atoms. The fraction of sp³-hybridized carbons (Fsp3) is 0.545. The van der Waals surface area contributed by atoms with Crippen LogP contribution in [0, 0.1) is 6.92 Å². The second-order valence-electron chi connectivity index (χ2n) is 3.64. The van der Waals surface area contributed by atoms with Crippen LogP contribution in [-0.2, 0) is 4.79 Å². The molecule has 1 aromatic heterocycles. The smallest absolute Gasteiger partial charge is 0.224 e. The van der Waals surface area contributed by atoms with Crippen LogP contribution in [0.1, 0.15) is 38.3 Å². The van der Waals surface area contributed by atoms with Crippen LogP contribution in [-0.4, -0.2) is 15.9 Å². The molecule has 88 valence electrons. The van der Waals surface area contributed by atoms with Gasteiger partial charge >= 0.3 is 0 Å². The van der Waals surface area contributed by atoms with Crippen molar-refractivity contribution >= 4 is 23.2 Å². The maximum absolute atomic E-state index is 11.5. The monoisotopic (exact) mass is 241 g/mol. The van der Waals surface area contributed by atoms with E-state index in [2.05, 4.69) is 22.2 Å². The number of anilines is 1. The van der Waals surface area contributed by atoms with Gasteiger partial charge in [0.15, 0.2) is 0 Å². The van der Waals surface area contributed by atoms with Crippen molar-refractivity contribution in [3.63, 3.8) is 0 Å². The van der Waals surface area contributed by atoms with E-state index in [4.69, 9.17) is 11.6 Å². The highest BCUT2D eigenvalue weighted by atomic mass is 35.5. The van der Waals surface area contributed by atoms with Crippen molar-refractivity contribution in [2.75, 3.05) is 5.32 Å². The highest BCUT2D eigenvalue weighted by molar-refractivity contribution is 6.28. The molecule has 4 nitrogen and oxygen atoms in total. The number of amides is 1. The predicted molar refractivity (Wildman–Crippen MR) is 64.6 cm³/mol. The Morgan fingerprint density at radius 2 is 2.25 bits per heavy atom. The van der Waals surface area contributed by atoms with Crippen LogP contribution in [0.25, 0.3) is 0 Å². The molecule has 0 saturated heterocycles. The predicted octanol–water partition coefficient (Wildman–Crippen LogP) is 2.96. The number of carbonyl (C=O) groups excluding carboxylic acids is 1. The second kappa shape index (κ2) is 6.43. The van der Waals surface area contributed by atoms with E-state index in [0.717, 1.165) is 19.3 Å². The molecule has 1 rings (SSSR count). The highest BCUT2D eigenvalue weighted by Crippen LogP contribution is 2.13. The zero-order chi connectivity index (χ0) is 12.0. The van der Waals surface area contributed by atoms with E-state index < -0.39 is 0 Å². The molecule has 1 amide bonds. The maximum atomic E-state index is 11.5. The van der Waals surface area contributed by atoms with Gasteiger partial charge in [0.1, 0.15) is 0 Å². The fourth-order valence-electron chi connectivity index (χ4n) is 1.31. The van der Waals surface area contributed by atoms with E-state index in [9.17, 15) is 4.79 Å². The zero-order valence-corrected chi connectivity index (χ0v) is 10.3. The third kappa shape index (κ3) is 4.14. The molecule has 0 aromatic carbocycles. The van der Waals surface area contributed by atoms with E-state index in [1.54, 1.807) is 6.92 Å². The van der Waals surface area contributed by atoms with Crippen molar-refractivity contribution in [3.8, 4) is 0 Å². The number of aromatic nitrogens is 2. The van der Waals surface area contributed by atoms with Crippen LogP contribution in [0.4, 0.5) is 5.69 Å². The number of halogens is 1. The molecule has 1 aromatic rings. The van der Waals surface area contributed by atoms with Gasteiger partial charge in [0, 0.05) is 6.42 Å². The van der Waals surface area contributed by atoms with Crippen LogP contribution < -0.4 is 5.32 Å². The van der Waals surface area contributed by atoms with Crippen molar-refractivity contribution < 1.29 is 4.79 Å².